The van der Waals surface area contributed by atoms with Crippen LogP contribution in [0.3, 0.4) is 0 Å². The lowest BCUT2D eigenvalue weighted by molar-refractivity contribution is 0.0945. The van der Waals surface area contributed by atoms with Crippen molar-refractivity contribution in [1.82, 2.24) is 14.8 Å². The summed E-state index contributed by atoms with van der Waals surface area (Å²) in [6, 6.07) is 22.5. The number of hydrogen-bond donors (Lipinski definition) is 0. The fourth-order valence-electron chi connectivity index (χ4n) is 3.62. The van der Waals surface area contributed by atoms with E-state index in [4.69, 9.17) is 0 Å². The zero-order chi connectivity index (χ0) is 18.5. The topological polar surface area (TPSA) is 47.8 Å². The first-order valence-electron chi connectivity index (χ1n) is 8.60. The highest BCUT2D eigenvalue weighted by atomic mass is 127. The van der Waals surface area contributed by atoms with Gasteiger partial charge in [-0.05, 0) is 57.6 Å². The molecular formula is C22H14IN3O. The minimum atomic E-state index is -0.0650. The van der Waals surface area contributed by atoms with Gasteiger partial charge in [-0.3, -0.25) is 9.36 Å². The van der Waals surface area contributed by atoms with E-state index in [9.17, 15) is 4.79 Å². The normalized spacial score (nSPS) is 11.5. The van der Waals surface area contributed by atoms with E-state index in [1.54, 1.807) is 11.5 Å². The van der Waals surface area contributed by atoms with Crippen LogP contribution in [0, 0.1) is 3.57 Å². The van der Waals surface area contributed by atoms with Gasteiger partial charge >= 0.3 is 0 Å². The Labute approximate surface area is 169 Å². The van der Waals surface area contributed by atoms with Crippen LogP contribution in [0.4, 0.5) is 0 Å². The maximum atomic E-state index is 12.2. The summed E-state index contributed by atoms with van der Waals surface area (Å²) < 4.78 is 2.73. The third kappa shape index (κ3) is 2.53. The zero-order valence-corrected chi connectivity index (χ0v) is 16.6. The molecule has 0 radical (unpaired) electrons. The second-order valence-corrected chi connectivity index (χ2v) is 7.68. The van der Waals surface area contributed by atoms with Crippen molar-refractivity contribution in [2.45, 2.75) is 6.92 Å². The Morgan fingerprint density at radius 1 is 0.926 bits per heavy atom. The highest BCUT2D eigenvalue weighted by molar-refractivity contribution is 14.1. The number of hydrogen-bond acceptors (Lipinski definition) is 3. The van der Waals surface area contributed by atoms with Crippen LogP contribution in [0.25, 0.3) is 44.0 Å². The summed E-state index contributed by atoms with van der Waals surface area (Å²) in [5.41, 5.74) is 3.29. The lowest BCUT2D eigenvalue weighted by Crippen LogP contribution is -2.06. The molecule has 5 rings (SSSR count). The van der Waals surface area contributed by atoms with Crippen LogP contribution < -0.4 is 0 Å². The van der Waals surface area contributed by atoms with Gasteiger partial charge < -0.3 is 0 Å². The molecule has 2 aromatic heterocycles. The van der Waals surface area contributed by atoms with Crippen LogP contribution in [0.2, 0.25) is 0 Å². The van der Waals surface area contributed by atoms with Crippen molar-refractivity contribution in [1.29, 1.82) is 0 Å². The van der Waals surface area contributed by atoms with E-state index in [2.05, 4.69) is 63.1 Å². The molecule has 27 heavy (non-hydrogen) atoms. The summed E-state index contributed by atoms with van der Waals surface area (Å²) in [6.07, 6.45) is 0. The Kier molecular flexibility index (Phi) is 3.72. The minimum Gasteiger partial charge on any atom is -0.274 e. The summed E-state index contributed by atoms with van der Waals surface area (Å²) in [5.74, 6) is -0.0650. The summed E-state index contributed by atoms with van der Waals surface area (Å²) in [6.45, 7) is 1.55. The molecule has 0 aliphatic rings. The largest absolute Gasteiger partial charge is 0.274 e. The number of benzene rings is 3. The van der Waals surface area contributed by atoms with E-state index < -0.39 is 0 Å². The smallest absolute Gasteiger partial charge is 0.229 e. The highest BCUT2D eigenvalue weighted by Crippen LogP contribution is 2.33. The SMILES string of the molecule is CC(=O)n1c2cccc(I)c2c2cc(-c3ccc4ccccc4c3)nnc21. The van der Waals surface area contributed by atoms with Crippen molar-refractivity contribution >= 4 is 61.2 Å². The first-order valence-corrected chi connectivity index (χ1v) is 9.68. The Balaban J connectivity index is 1.82. The van der Waals surface area contributed by atoms with Crippen LogP contribution in [0.5, 0.6) is 0 Å². The molecule has 0 saturated heterocycles. The molecule has 0 aliphatic heterocycles. The number of nitrogens with zero attached hydrogens (tertiary/aromatic N) is 3. The zero-order valence-electron chi connectivity index (χ0n) is 14.5. The van der Waals surface area contributed by atoms with Crippen molar-refractivity contribution in [2.75, 3.05) is 0 Å². The van der Waals surface area contributed by atoms with Crippen molar-refractivity contribution in [3.8, 4) is 11.3 Å². The van der Waals surface area contributed by atoms with Gasteiger partial charge in [0.2, 0.25) is 5.91 Å². The van der Waals surface area contributed by atoms with Crippen LogP contribution in [0.1, 0.15) is 11.7 Å². The molecule has 3 aromatic carbocycles. The molecule has 0 N–H and O–H groups in total. The number of carbonyl (C=O) groups excluding carboxylic acids is 1. The van der Waals surface area contributed by atoms with Crippen LogP contribution in [-0.4, -0.2) is 20.7 Å². The van der Waals surface area contributed by atoms with E-state index in [-0.39, 0.29) is 5.91 Å². The second kappa shape index (κ2) is 6.13. The molecular weight excluding hydrogens is 449 g/mol. The molecule has 4 nitrogen and oxygen atoms in total. The predicted octanol–water partition coefficient (Wildman–Crippen LogP) is 5.67. The monoisotopic (exact) mass is 463 g/mol. The summed E-state index contributed by atoms with van der Waals surface area (Å²) in [4.78, 5) is 12.2. The van der Waals surface area contributed by atoms with E-state index in [0.29, 0.717) is 5.65 Å². The van der Waals surface area contributed by atoms with Gasteiger partial charge in [0, 0.05) is 26.8 Å². The molecule has 2 heterocycles. The third-order valence-corrected chi connectivity index (χ3v) is 5.75. The maximum absolute atomic E-state index is 12.2. The molecule has 0 saturated carbocycles. The lowest BCUT2D eigenvalue weighted by Gasteiger charge is -2.04. The quantitative estimate of drug-likeness (QED) is 0.301. The lowest BCUT2D eigenvalue weighted by atomic mass is 10.0. The fourth-order valence-corrected chi connectivity index (χ4v) is 4.40. The Morgan fingerprint density at radius 3 is 2.56 bits per heavy atom. The highest BCUT2D eigenvalue weighted by Gasteiger charge is 2.18. The number of halogens is 1. The Morgan fingerprint density at radius 2 is 1.74 bits per heavy atom. The minimum absolute atomic E-state index is 0.0650. The van der Waals surface area contributed by atoms with Crippen molar-refractivity contribution in [3.05, 3.63) is 70.3 Å². The van der Waals surface area contributed by atoms with Gasteiger partial charge in [0.05, 0.1) is 11.2 Å². The van der Waals surface area contributed by atoms with Gasteiger partial charge in [0.15, 0.2) is 5.65 Å². The number of fused-ring (bicyclic) bond motifs is 4. The van der Waals surface area contributed by atoms with Gasteiger partial charge in [-0.2, -0.15) is 0 Å². The molecule has 0 spiro atoms. The standard InChI is InChI=1S/C22H14IN3O/c1-13(27)26-20-8-4-7-18(23)21(20)17-12-19(24-25-22(17)26)16-10-9-14-5-2-3-6-15(14)11-16/h2-12H,1H3. The Hall–Kier alpha value is -2.80. The van der Waals surface area contributed by atoms with E-state index in [1.165, 1.54) is 5.39 Å². The van der Waals surface area contributed by atoms with Gasteiger partial charge in [-0.1, -0.05) is 42.5 Å². The van der Waals surface area contributed by atoms with Crippen LogP contribution >= 0.6 is 22.6 Å². The molecule has 0 fully saturated rings. The number of carbonyl (C=O) groups is 1. The van der Waals surface area contributed by atoms with Crippen LogP contribution in [0.15, 0.2) is 66.7 Å². The first-order chi connectivity index (χ1) is 13.1. The molecule has 5 aromatic rings. The van der Waals surface area contributed by atoms with Gasteiger partial charge in [0.1, 0.15) is 0 Å². The Bertz CT molecular complexity index is 1370. The fraction of sp³-hybridized carbons (Fsp3) is 0.0455. The average Bonchev–Trinajstić information content (AvgIpc) is 3.02. The molecule has 130 valence electrons. The average molecular weight is 463 g/mol. The van der Waals surface area contributed by atoms with Crippen molar-refractivity contribution in [2.24, 2.45) is 0 Å². The summed E-state index contributed by atoms with van der Waals surface area (Å²) in [5, 5.41) is 13.2. The maximum Gasteiger partial charge on any atom is 0.229 e. The van der Waals surface area contributed by atoms with Gasteiger partial charge in [-0.15, -0.1) is 10.2 Å². The van der Waals surface area contributed by atoms with Gasteiger partial charge in [-0.25, -0.2) is 0 Å². The summed E-state index contributed by atoms with van der Waals surface area (Å²) in [7, 11) is 0. The predicted molar refractivity (Wildman–Crippen MR) is 117 cm³/mol. The van der Waals surface area contributed by atoms with Gasteiger partial charge in [0.25, 0.3) is 0 Å². The first kappa shape index (κ1) is 16.4. The van der Waals surface area contributed by atoms with E-state index >= 15 is 0 Å². The molecule has 0 amide bonds. The third-order valence-electron chi connectivity index (χ3n) is 4.85. The van der Waals surface area contributed by atoms with Crippen LogP contribution in [-0.2, 0) is 0 Å². The molecule has 0 unspecified atom stereocenters. The molecule has 0 atom stereocenters. The van der Waals surface area contributed by atoms with Crippen molar-refractivity contribution < 1.29 is 4.79 Å². The molecule has 5 heteroatoms. The molecule has 0 aliphatic carbocycles. The van der Waals surface area contributed by atoms with Crippen molar-refractivity contribution in [3.63, 3.8) is 0 Å². The van der Waals surface area contributed by atoms with E-state index in [0.717, 1.165) is 36.5 Å². The second-order valence-electron chi connectivity index (χ2n) is 6.52. The number of rotatable bonds is 1. The molecule has 0 bridgehead atoms. The number of aromatic nitrogens is 3. The summed E-state index contributed by atoms with van der Waals surface area (Å²) >= 11 is 2.31. The van der Waals surface area contributed by atoms with E-state index in [1.807, 2.05) is 36.4 Å².